The van der Waals surface area contributed by atoms with E-state index < -0.39 is 18.0 Å². The van der Waals surface area contributed by atoms with Crippen molar-refractivity contribution in [3.8, 4) is 11.5 Å². The molecule has 0 aliphatic carbocycles. The summed E-state index contributed by atoms with van der Waals surface area (Å²) in [5, 5.41) is 14.1. The average molecular weight is 429 g/mol. The van der Waals surface area contributed by atoms with Gasteiger partial charge >= 0.3 is 6.03 Å². The second kappa shape index (κ2) is 12.1. The fourth-order valence-electron chi connectivity index (χ4n) is 2.75. The molecule has 1 atom stereocenters. The van der Waals surface area contributed by atoms with E-state index in [2.05, 4.69) is 10.3 Å². The summed E-state index contributed by atoms with van der Waals surface area (Å²) >= 11 is 0. The summed E-state index contributed by atoms with van der Waals surface area (Å²) in [4.78, 5) is 38.6. The first-order valence-electron chi connectivity index (χ1n) is 9.82. The molecule has 4 amide bonds. The highest BCUT2D eigenvalue weighted by Crippen LogP contribution is 2.16. The standard InChI is InChI=1S/C21H27N5O5/c22-16(12-14-5-7-15(27)8-6-14)20(29)25-9-1-2-11-31-18-4-3-10-24-17(18)13-19(28)26-21(23)30/h3-8,10,16,27H,1-2,9,11-13,22H2,(H,25,29)(H3,23,26,28,30)/t16-/m0/s1. The summed E-state index contributed by atoms with van der Waals surface area (Å²) in [5.41, 5.74) is 12.1. The number of hydrogen-bond acceptors (Lipinski definition) is 7. The summed E-state index contributed by atoms with van der Waals surface area (Å²) in [7, 11) is 0. The molecule has 166 valence electrons. The number of phenolic OH excluding ortho intramolecular Hbond substituents is 1. The van der Waals surface area contributed by atoms with Gasteiger partial charge in [0.1, 0.15) is 11.5 Å². The van der Waals surface area contributed by atoms with Crippen LogP contribution in [0.3, 0.4) is 0 Å². The van der Waals surface area contributed by atoms with E-state index in [1.807, 2.05) is 5.32 Å². The van der Waals surface area contributed by atoms with Crippen LogP contribution in [0.2, 0.25) is 0 Å². The van der Waals surface area contributed by atoms with Crippen LogP contribution in [-0.2, 0) is 22.4 Å². The number of aromatic hydroxyl groups is 1. The highest BCUT2D eigenvalue weighted by atomic mass is 16.5. The quantitative estimate of drug-likeness (QED) is 0.321. The Morgan fingerprint density at radius 1 is 1.13 bits per heavy atom. The number of unbranched alkanes of at least 4 members (excludes halogenated alkanes) is 1. The van der Waals surface area contributed by atoms with E-state index in [0.717, 1.165) is 5.56 Å². The number of benzene rings is 1. The van der Waals surface area contributed by atoms with Crippen LogP contribution in [0.1, 0.15) is 24.1 Å². The Bertz CT molecular complexity index is 888. The summed E-state index contributed by atoms with van der Waals surface area (Å²) in [6.45, 7) is 0.817. The molecule has 2 aromatic rings. The topological polar surface area (TPSA) is 170 Å². The number of nitrogens with two attached hydrogens (primary N) is 2. The van der Waals surface area contributed by atoms with E-state index in [1.165, 1.54) is 6.20 Å². The van der Waals surface area contributed by atoms with E-state index in [9.17, 15) is 19.5 Å². The van der Waals surface area contributed by atoms with E-state index in [-0.39, 0.29) is 18.1 Å². The average Bonchev–Trinajstić information content (AvgIpc) is 2.72. The van der Waals surface area contributed by atoms with Gasteiger partial charge in [-0.15, -0.1) is 0 Å². The molecule has 0 saturated carbocycles. The van der Waals surface area contributed by atoms with Crippen LogP contribution in [0.5, 0.6) is 11.5 Å². The number of carbonyl (C=O) groups excluding carboxylic acids is 3. The van der Waals surface area contributed by atoms with Gasteiger partial charge in [-0.1, -0.05) is 12.1 Å². The molecule has 1 heterocycles. The second-order valence-corrected chi connectivity index (χ2v) is 6.86. The van der Waals surface area contributed by atoms with E-state index in [1.54, 1.807) is 36.4 Å². The number of nitrogens with zero attached hydrogens (tertiary/aromatic N) is 1. The Kier molecular flexibility index (Phi) is 9.24. The molecule has 0 radical (unpaired) electrons. The van der Waals surface area contributed by atoms with Crippen molar-refractivity contribution in [2.45, 2.75) is 31.7 Å². The van der Waals surface area contributed by atoms with Crippen LogP contribution in [0.25, 0.3) is 0 Å². The van der Waals surface area contributed by atoms with Gasteiger partial charge in [-0.2, -0.15) is 0 Å². The number of imide groups is 1. The Morgan fingerprint density at radius 2 is 1.87 bits per heavy atom. The number of pyridine rings is 1. The fourth-order valence-corrected chi connectivity index (χ4v) is 2.75. The molecular weight excluding hydrogens is 402 g/mol. The summed E-state index contributed by atoms with van der Waals surface area (Å²) in [5.74, 6) is -0.204. The first-order chi connectivity index (χ1) is 14.8. The number of ether oxygens (including phenoxy) is 1. The molecule has 0 saturated heterocycles. The van der Waals surface area contributed by atoms with Crippen molar-refractivity contribution < 1.29 is 24.2 Å². The van der Waals surface area contributed by atoms with Crippen LogP contribution in [0.15, 0.2) is 42.6 Å². The summed E-state index contributed by atoms with van der Waals surface area (Å²) in [6.07, 6.45) is 3.11. The third kappa shape index (κ3) is 8.70. The largest absolute Gasteiger partial charge is 0.508 e. The normalized spacial score (nSPS) is 11.4. The van der Waals surface area contributed by atoms with Crippen molar-refractivity contribution in [3.05, 3.63) is 53.9 Å². The zero-order valence-electron chi connectivity index (χ0n) is 17.0. The lowest BCUT2D eigenvalue weighted by Crippen LogP contribution is -2.42. The van der Waals surface area contributed by atoms with E-state index in [4.69, 9.17) is 16.2 Å². The Balaban J connectivity index is 1.67. The van der Waals surface area contributed by atoms with Crippen LogP contribution in [-0.4, -0.2) is 47.1 Å². The van der Waals surface area contributed by atoms with Crippen LogP contribution < -0.4 is 26.8 Å². The van der Waals surface area contributed by atoms with E-state index in [0.29, 0.717) is 43.9 Å². The predicted molar refractivity (Wildman–Crippen MR) is 113 cm³/mol. The first-order valence-corrected chi connectivity index (χ1v) is 9.82. The van der Waals surface area contributed by atoms with Crippen LogP contribution in [0.4, 0.5) is 4.79 Å². The van der Waals surface area contributed by atoms with Crippen molar-refractivity contribution in [1.82, 2.24) is 15.6 Å². The molecule has 0 fully saturated rings. The van der Waals surface area contributed by atoms with Gasteiger partial charge in [0.15, 0.2) is 0 Å². The van der Waals surface area contributed by atoms with Crippen molar-refractivity contribution in [2.75, 3.05) is 13.2 Å². The fraction of sp³-hybridized carbons (Fsp3) is 0.333. The third-order valence-corrected chi connectivity index (χ3v) is 4.30. The third-order valence-electron chi connectivity index (χ3n) is 4.30. The Morgan fingerprint density at radius 3 is 2.58 bits per heavy atom. The second-order valence-electron chi connectivity index (χ2n) is 6.86. The van der Waals surface area contributed by atoms with Gasteiger partial charge in [0, 0.05) is 12.7 Å². The molecule has 1 aromatic heterocycles. The summed E-state index contributed by atoms with van der Waals surface area (Å²) < 4.78 is 5.67. The summed E-state index contributed by atoms with van der Waals surface area (Å²) in [6, 6.07) is 8.33. The Hall–Kier alpha value is -3.66. The molecule has 0 bridgehead atoms. The lowest BCUT2D eigenvalue weighted by molar-refractivity contribution is -0.122. The lowest BCUT2D eigenvalue weighted by atomic mass is 10.1. The molecule has 0 aliphatic rings. The van der Waals surface area contributed by atoms with Crippen LogP contribution >= 0.6 is 0 Å². The van der Waals surface area contributed by atoms with Crippen molar-refractivity contribution in [1.29, 1.82) is 0 Å². The molecule has 0 unspecified atom stereocenters. The zero-order chi connectivity index (χ0) is 22.6. The number of hydrogen-bond donors (Lipinski definition) is 5. The number of urea groups is 1. The van der Waals surface area contributed by atoms with Gasteiger partial charge in [-0.3, -0.25) is 19.9 Å². The molecule has 7 N–H and O–H groups in total. The lowest BCUT2D eigenvalue weighted by Gasteiger charge is -2.13. The smallest absolute Gasteiger partial charge is 0.318 e. The monoisotopic (exact) mass is 429 g/mol. The molecular formula is C21H27N5O5. The number of carbonyl (C=O) groups is 3. The Labute approximate surface area is 180 Å². The van der Waals surface area contributed by atoms with Gasteiger partial charge < -0.3 is 26.6 Å². The number of phenols is 1. The van der Waals surface area contributed by atoms with Crippen molar-refractivity contribution in [2.24, 2.45) is 11.5 Å². The number of amides is 4. The maximum absolute atomic E-state index is 12.1. The molecule has 31 heavy (non-hydrogen) atoms. The molecule has 1 aromatic carbocycles. The van der Waals surface area contributed by atoms with Gasteiger partial charge in [0.25, 0.3) is 0 Å². The predicted octanol–water partition coefficient (Wildman–Crippen LogP) is 0.370. The minimum atomic E-state index is -0.923. The molecule has 10 nitrogen and oxygen atoms in total. The molecule has 10 heteroatoms. The zero-order valence-corrected chi connectivity index (χ0v) is 17.0. The van der Waals surface area contributed by atoms with Gasteiger partial charge in [0.2, 0.25) is 11.8 Å². The highest BCUT2D eigenvalue weighted by Gasteiger charge is 2.14. The van der Waals surface area contributed by atoms with Gasteiger partial charge in [0.05, 0.1) is 24.8 Å². The maximum Gasteiger partial charge on any atom is 0.318 e. The van der Waals surface area contributed by atoms with Gasteiger partial charge in [-0.25, -0.2) is 4.79 Å². The first kappa shape index (κ1) is 23.6. The highest BCUT2D eigenvalue weighted by molar-refractivity contribution is 5.94. The number of rotatable bonds is 11. The van der Waals surface area contributed by atoms with Crippen molar-refractivity contribution >= 4 is 17.8 Å². The minimum Gasteiger partial charge on any atom is -0.508 e. The number of aromatic nitrogens is 1. The maximum atomic E-state index is 12.1. The molecule has 0 aliphatic heterocycles. The SMILES string of the molecule is NC(=O)NC(=O)Cc1ncccc1OCCCCNC(=O)[C@@H](N)Cc1ccc(O)cc1. The van der Waals surface area contributed by atoms with E-state index >= 15 is 0 Å². The van der Waals surface area contributed by atoms with Crippen molar-refractivity contribution in [3.63, 3.8) is 0 Å². The molecule has 0 spiro atoms. The number of nitrogens with one attached hydrogen (secondary N) is 2. The number of primary amides is 1. The molecule has 2 rings (SSSR count). The minimum absolute atomic E-state index is 0.131. The van der Waals surface area contributed by atoms with Crippen LogP contribution in [0, 0.1) is 0 Å². The van der Waals surface area contributed by atoms with Gasteiger partial charge in [-0.05, 0) is 49.1 Å².